The first-order valence-corrected chi connectivity index (χ1v) is 3.93. The third-order valence-corrected chi connectivity index (χ3v) is 1.90. The molecule has 1 aliphatic rings. The van der Waals surface area contributed by atoms with Gasteiger partial charge in [-0.2, -0.15) is 0 Å². The molecule has 0 fully saturated rings. The van der Waals surface area contributed by atoms with Crippen LogP contribution in [0.5, 0.6) is 11.5 Å². The van der Waals surface area contributed by atoms with Crippen molar-refractivity contribution in [1.29, 1.82) is 0 Å². The highest BCUT2D eigenvalue weighted by atomic mass is 16.5. The second kappa shape index (κ2) is 2.94. The van der Waals surface area contributed by atoms with E-state index >= 15 is 0 Å². The average Bonchev–Trinajstić information content (AvgIpc) is 2.18. The van der Waals surface area contributed by atoms with Crippen molar-refractivity contribution in [3.63, 3.8) is 0 Å². The van der Waals surface area contributed by atoms with E-state index in [0.29, 0.717) is 29.8 Å². The Morgan fingerprint density at radius 1 is 1.46 bits per heavy atom. The number of rotatable bonds is 1. The standard InChI is InChI=1S/C10H8O3/c11-6-7-4-9(12)8-2-1-3-13-10(8)5-7/h1-2,4-6,12H,3H2. The van der Waals surface area contributed by atoms with E-state index in [1.807, 2.05) is 6.08 Å². The number of carbonyl (C=O) groups excluding carboxylic acids is 1. The SMILES string of the molecule is O=Cc1cc(O)c2c(c1)OCC=C2. The third kappa shape index (κ3) is 1.28. The van der Waals surface area contributed by atoms with E-state index in [1.54, 1.807) is 12.1 Å². The second-order valence-electron chi connectivity index (χ2n) is 2.78. The van der Waals surface area contributed by atoms with E-state index in [0.717, 1.165) is 0 Å². The number of aldehydes is 1. The Balaban J connectivity index is 2.61. The van der Waals surface area contributed by atoms with Gasteiger partial charge in [0.05, 0.1) is 5.56 Å². The molecule has 1 N–H and O–H groups in total. The molecule has 66 valence electrons. The molecule has 1 aromatic carbocycles. The maximum Gasteiger partial charge on any atom is 0.150 e. The number of fused-ring (bicyclic) bond motifs is 1. The summed E-state index contributed by atoms with van der Waals surface area (Å²) in [6, 6.07) is 3.04. The summed E-state index contributed by atoms with van der Waals surface area (Å²) >= 11 is 0. The number of ether oxygens (including phenoxy) is 1. The zero-order valence-corrected chi connectivity index (χ0v) is 6.86. The zero-order chi connectivity index (χ0) is 9.26. The molecule has 0 radical (unpaired) electrons. The Morgan fingerprint density at radius 3 is 3.08 bits per heavy atom. The Kier molecular flexibility index (Phi) is 1.77. The van der Waals surface area contributed by atoms with Crippen molar-refractivity contribution in [2.75, 3.05) is 6.61 Å². The van der Waals surface area contributed by atoms with E-state index in [9.17, 15) is 9.90 Å². The molecule has 1 aromatic rings. The average molecular weight is 176 g/mol. The fraction of sp³-hybridized carbons (Fsp3) is 0.100. The molecule has 0 aromatic heterocycles. The van der Waals surface area contributed by atoms with E-state index in [1.165, 1.54) is 6.07 Å². The van der Waals surface area contributed by atoms with E-state index < -0.39 is 0 Å². The summed E-state index contributed by atoms with van der Waals surface area (Å²) in [5.41, 5.74) is 1.06. The van der Waals surface area contributed by atoms with Gasteiger partial charge in [0, 0.05) is 5.56 Å². The van der Waals surface area contributed by atoms with Crippen LogP contribution in [0.3, 0.4) is 0 Å². The summed E-state index contributed by atoms with van der Waals surface area (Å²) < 4.78 is 5.24. The van der Waals surface area contributed by atoms with Crippen molar-refractivity contribution >= 4 is 12.4 Å². The number of benzene rings is 1. The summed E-state index contributed by atoms with van der Waals surface area (Å²) in [4.78, 5) is 10.5. The molecule has 3 nitrogen and oxygen atoms in total. The van der Waals surface area contributed by atoms with E-state index in [2.05, 4.69) is 0 Å². The first-order valence-electron chi connectivity index (χ1n) is 3.93. The number of hydrogen-bond donors (Lipinski definition) is 1. The van der Waals surface area contributed by atoms with Crippen LogP contribution in [0.15, 0.2) is 18.2 Å². The van der Waals surface area contributed by atoms with E-state index in [-0.39, 0.29) is 5.75 Å². The monoisotopic (exact) mass is 176 g/mol. The number of aromatic hydroxyl groups is 1. The lowest BCUT2D eigenvalue weighted by molar-refractivity contribution is 0.112. The maximum absolute atomic E-state index is 10.5. The fourth-order valence-corrected chi connectivity index (χ4v) is 1.29. The molecule has 13 heavy (non-hydrogen) atoms. The van der Waals surface area contributed by atoms with Gasteiger partial charge in [0.2, 0.25) is 0 Å². The number of phenolic OH excluding ortho intramolecular Hbond substituents is 1. The van der Waals surface area contributed by atoms with Crippen molar-refractivity contribution in [2.24, 2.45) is 0 Å². The summed E-state index contributed by atoms with van der Waals surface area (Å²) in [5, 5.41) is 9.48. The normalized spacial score (nSPS) is 13.2. The largest absolute Gasteiger partial charge is 0.507 e. The number of phenols is 1. The van der Waals surface area contributed by atoms with Crippen LogP contribution in [-0.4, -0.2) is 18.0 Å². The fourth-order valence-electron chi connectivity index (χ4n) is 1.29. The smallest absolute Gasteiger partial charge is 0.150 e. The predicted molar refractivity (Wildman–Crippen MR) is 48.0 cm³/mol. The molecule has 1 aliphatic heterocycles. The second-order valence-corrected chi connectivity index (χ2v) is 2.78. The van der Waals surface area contributed by atoms with Crippen molar-refractivity contribution in [2.45, 2.75) is 0 Å². The minimum atomic E-state index is 0.0792. The molecule has 0 bridgehead atoms. The number of carbonyl (C=O) groups is 1. The van der Waals surface area contributed by atoms with Crippen LogP contribution in [0.25, 0.3) is 6.08 Å². The minimum Gasteiger partial charge on any atom is -0.507 e. The van der Waals surface area contributed by atoms with Crippen LogP contribution in [0, 0.1) is 0 Å². The van der Waals surface area contributed by atoms with Crippen LogP contribution in [0.2, 0.25) is 0 Å². The quantitative estimate of drug-likeness (QED) is 0.661. The Morgan fingerprint density at radius 2 is 2.31 bits per heavy atom. The summed E-state index contributed by atoms with van der Waals surface area (Å²) in [6.07, 6.45) is 4.27. The summed E-state index contributed by atoms with van der Waals surface area (Å²) in [7, 11) is 0. The molecular formula is C10H8O3. The molecule has 2 rings (SSSR count). The van der Waals surface area contributed by atoms with Crippen molar-refractivity contribution in [3.05, 3.63) is 29.3 Å². The molecule has 0 saturated carbocycles. The zero-order valence-electron chi connectivity index (χ0n) is 6.86. The van der Waals surface area contributed by atoms with Gasteiger partial charge >= 0.3 is 0 Å². The summed E-state index contributed by atoms with van der Waals surface area (Å²) in [5.74, 6) is 0.639. The minimum absolute atomic E-state index is 0.0792. The van der Waals surface area contributed by atoms with Gasteiger partial charge in [-0.3, -0.25) is 4.79 Å². The molecule has 0 aliphatic carbocycles. The number of hydrogen-bond acceptors (Lipinski definition) is 3. The van der Waals surface area contributed by atoms with Gasteiger partial charge in [-0.1, -0.05) is 0 Å². The van der Waals surface area contributed by atoms with Gasteiger partial charge < -0.3 is 9.84 Å². The van der Waals surface area contributed by atoms with Gasteiger partial charge in [-0.05, 0) is 24.3 Å². The molecular weight excluding hydrogens is 168 g/mol. The molecule has 0 saturated heterocycles. The van der Waals surface area contributed by atoms with Gasteiger partial charge in [0.15, 0.2) is 0 Å². The van der Waals surface area contributed by atoms with Crippen LogP contribution in [0.4, 0.5) is 0 Å². The van der Waals surface area contributed by atoms with Crippen LogP contribution in [0.1, 0.15) is 15.9 Å². The molecule has 0 spiro atoms. The Hall–Kier alpha value is -1.77. The maximum atomic E-state index is 10.5. The topological polar surface area (TPSA) is 46.5 Å². The van der Waals surface area contributed by atoms with Gasteiger partial charge in [-0.15, -0.1) is 0 Å². The molecule has 3 heteroatoms. The van der Waals surface area contributed by atoms with Gasteiger partial charge in [0.1, 0.15) is 24.4 Å². The highest BCUT2D eigenvalue weighted by molar-refractivity contribution is 5.80. The molecule has 0 unspecified atom stereocenters. The lowest BCUT2D eigenvalue weighted by Crippen LogP contribution is -2.01. The molecule has 0 amide bonds. The Bertz CT molecular complexity index is 380. The van der Waals surface area contributed by atoms with Crippen molar-refractivity contribution < 1.29 is 14.6 Å². The van der Waals surface area contributed by atoms with Gasteiger partial charge in [-0.25, -0.2) is 0 Å². The summed E-state index contributed by atoms with van der Waals surface area (Å²) in [6.45, 7) is 0.481. The van der Waals surface area contributed by atoms with Crippen molar-refractivity contribution in [3.8, 4) is 11.5 Å². The first-order chi connectivity index (χ1) is 6.31. The van der Waals surface area contributed by atoms with E-state index in [4.69, 9.17) is 4.74 Å². The third-order valence-electron chi connectivity index (χ3n) is 1.90. The van der Waals surface area contributed by atoms with Crippen LogP contribution in [-0.2, 0) is 0 Å². The van der Waals surface area contributed by atoms with Crippen LogP contribution >= 0.6 is 0 Å². The molecule has 0 atom stereocenters. The highest BCUT2D eigenvalue weighted by Crippen LogP contribution is 2.32. The Labute approximate surface area is 75.3 Å². The van der Waals surface area contributed by atoms with Crippen LogP contribution < -0.4 is 4.74 Å². The lowest BCUT2D eigenvalue weighted by atomic mass is 10.1. The lowest BCUT2D eigenvalue weighted by Gasteiger charge is -2.13. The molecule has 1 heterocycles. The highest BCUT2D eigenvalue weighted by Gasteiger charge is 2.11. The van der Waals surface area contributed by atoms with Crippen molar-refractivity contribution in [1.82, 2.24) is 0 Å². The predicted octanol–water partition coefficient (Wildman–Crippen LogP) is 1.61. The first kappa shape index (κ1) is 7.86. The van der Waals surface area contributed by atoms with Gasteiger partial charge in [0.25, 0.3) is 0 Å².